The minimum atomic E-state index is -3.27. The summed E-state index contributed by atoms with van der Waals surface area (Å²) < 4.78 is 25.4. The Morgan fingerprint density at radius 2 is 1.88 bits per heavy atom. The molecule has 1 aromatic heterocycles. The first-order chi connectivity index (χ1) is 11.4. The van der Waals surface area contributed by atoms with Crippen LogP contribution in [0.1, 0.15) is 16.7 Å². The lowest BCUT2D eigenvalue weighted by atomic mass is 9.98. The Morgan fingerprint density at radius 1 is 1.04 bits per heavy atom. The largest absolute Gasteiger partial charge is 0.361 e. The van der Waals surface area contributed by atoms with E-state index in [4.69, 9.17) is 0 Å². The van der Waals surface area contributed by atoms with Gasteiger partial charge >= 0.3 is 0 Å². The third-order valence-electron chi connectivity index (χ3n) is 3.89. The first kappa shape index (κ1) is 16.5. The molecule has 1 heterocycles. The number of aromatic amines is 1. The van der Waals surface area contributed by atoms with Gasteiger partial charge in [-0.1, -0.05) is 12.1 Å². The van der Waals surface area contributed by atoms with E-state index >= 15 is 0 Å². The van der Waals surface area contributed by atoms with E-state index in [9.17, 15) is 8.42 Å². The number of benzene rings is 2. The van der Waals surface area contributed by atoms with Crippen LogP contribution in [0.3, 0.4) is 0 Å². The molecule has 3 N–H and O–H groups in total. The molecule has 0 fully saturated rings. The van der Waals surface area contributed by atoms with Crippen LogP contribution in [0.4, 0.5) is 5.69 Å². The fraction of sp³-hybridized carbons (Fsp3) is 0.222. The summed E-state index contributed by atoms with van der Waals surface area (Å²) in [6, 6.07) is 14.1. The number of fused-ring (bicyclic) bond motifs is 1. The van der Waals surface area contributed by atoms with Crippen LogP contribution >= 0.6 is 0 Å². The lowest BCUT2D eigenvalue weighted by molar-refractivity contribution is 0.607. The Labute approximate surface area is 142 Å². The second-order valence-corrected chi connectivity index (χ2v) is 7.71. The van der Waals surface area contributed by atoms with E-state index in [2.05, 4.69) is 39.3 Å². The SMILES string of the molecule is CNCc1cc(NS(C)(=O)=O)ccc1Cc1ccc2[nH]ccc2c1. The fourth-order valence-electron chi connectivity index (χ4n) is 2.86. The molecule has 0 unspecified atom stereocenters. The predicted molar refractivity (Wildman–Crippen MR) is 98.8 cm³/mol. The topological polar surface area (TPSA) is 74.0 Å². The zero-order valence-electron chi connectivity index (χ0n) is 13.8. The molecule has 0 radical (unpaired) electrons. The van der Waals surface area contributed by atoms with Gasteiger partial charge in [0, 0.05) is 23.9 Å². The highest BCUT2D eigenvalue weighted by Crippen LogP contribution is 2.22. The molecule has 0 atom stereocenters. The molecule has 5 nitrogen and oxygen atoms in total. The van der Waals surface area contributed by atoms with Gasteiger partial charge in [-0.25, -0.2) is 8.42 Å². The fourth-order valence-corrected chi connectivity index (χ4v) is 3.42. The van der Waals surface area contributed by atoms with Gasteiger partial charge in [-0.2, -0.15) is 0 Å². The number of anilines is 1. The molecule has 0 bridgehead atoms. The summed E-state index contributed by atoms with van der Waals surface area (Å²) in [7, 11) is -1.39. The van der Waals surface area contributed by atoms with E-state index in [0.717, 1.165) is 23.8 Å². The minimum Gasteiger partial charge on any atom is -0.361 e. The Morgan fingerprint density at radius 3 is 2.62 bits per heavy atom. The standard InChI is InChI=1S/C18H21N3O2S/c1-19-12-16-11-17(21-24(2,22)23)5-4-14(16)9-13-3-6-18-15(10-13)7-8-20-18/h3-8,10-11,19-21H,9,12H2,1-2H3. The van der Waals surface area contributed by atoms with Crippen LogP contribution in [0.5, 0.6) is 0 Å². The number of H-pyrrole nitrogens is 1. The molecule has 0 spiro atoms. The maximum absolute atomic E-state index is 11.4. The van der Waals surface area contributed by atoms with Crippen molar-refractivity contribution < 1.29 is 8.42 Å². The number of hydrogen-bond acceptors (Lipinski definition) is 3. The van der Waals surface area contributed by atoms with Gasteiger partial charge in [-0.3, -0.25) is 4.72 Å². The second kappa shape index (κ2) is 6.67. The average Bonchev–Trinajstić information content (AvgIpc) is 2.96. The molecular formula is C18H21N3O2S. The van der Waals surface area contributed by atoms with Crippen molar-refractivity contribution in [2.45, 2.75) is 13.0 Å². The zero-order valence-corrected chi connectivity index (χ0v) is 14.6. The van der Waals surface area contributed by atoms with Crippen LogP contribution in [-0.2, 0) is 23.0 Å². The van der Waals surface area contributed by atoms with Crippen LogP contribution in [-0.4, -0.2) is 26.7 Å². The van der Waals surface area contributed by atoms with Gasteiger partial charge in [0.1, 0.15) is 0 Å². The quantitative estimate of drug-likeness (QED) is 0.644. The lowest BCUT2D eigenvalue weighted by Gasteiger charge is -2.13. The Hall–Kier alpha value is -2.31. The van der Waals surface area contributed by atoms with Crippen molar-refractivity contribution in [1.82, 2.24) is 10.3 Å². The van der Waals surface area contributed by atoms with Crippen molar-refractivity contribution in [3.63, 3.8) is 0 Å². The third kappa shape index (κ3) is 3.96. The molecule has 2 aromatic carbocycles. The number of sulfonamides is 1. The molecule has 0 aliphatic heterocycles. The van der Waals surface area contributed by atoms with Gasteiger partial charge in [0.05, 0.1) is 6.26 Å². The number of hydrogen-bond donors (Lipinski definition) is 3. The van der Waals surface area contributed by atoms with Gasteiger partial charge in [-0.15, -0.1) is 0 Å². The molecular weight excluding hydrogens is 322 g/mol. The summed E-state index contributed by atoms with van der Waals surface area (Å²) >= 11 is 0. The first-order valence-corrected chi connectivity index (χ1v) is 9.64. The molecule has 6 heteroatoms. The first-order valence-electron chi connectivity index (χ1n) is 7.75. The van der Waals surface area contributed by atoms with E-state index in [1.807, 2.05) is 31.4 Å². The molecule has 3 rings (SSSR count). The monoisotopic (exact) mass is 343 g/mol. The normalized spacial score (nSPS) is 11.8. The van der Waals surface area contributed by atoms with Crippen molar-refractivity contribution in [2.24, 2.45) is 0 Å². The van der Waals surface area contributed by atoms with E-state index in [-0.39, 0.29) is 0 Å². The van der Waals surface area contributed by atoms with Crippen molar-refractivity contribution in [1.29, 1.82) is 0 Å². The van der Waals surface area contributed by atoms with Crippen molar-refractivity contribution in [3.8, 4) is 0 Å². The van der Waals surface area contributed by atoms with E-state index in [1.165, 1.54) is 16.5 Å². The van der Waals surface area contributed by atoms with E-state index in [0.29, 0.717) is 12.2 Å². The van der Waals surface area contributed by atoms with Crippen molar-refractivity contribution >= 4 is 26.6 Å². The summed E-state index contributed by atoms with van der Waals surface area (Å²) in [4.78, 5) is 3.20. The molecule has 0 saturated heterocycles. The lowest BCUT2D eigenvalue weighted by Crippen LogP contribution is -2.12. The molecule has 24 heavy (non-hydrogen) atoms. The predicted octanol–water partition coefficient (Wildman–Crippen LogP) is 2.85. The molecule has 126 valence electrons. The highest BCUT2D eigenvalue weighted by molar-refractivity contribution is 7.92. The summed E-state index contributed by atoms with van der Waals surface area (Å²) in [6.07, 6.45) is 3.90. The van der Waals surface area contributed by atoms with Crippen LogP contribution in [0.15, 0.2) is 48.7 Å². The van der Waals surface area contributed by atoms with Gasteiger partial charge in [0.2, 0.25) is 10.0 Å². The molecule has 3 aromatic rings. The average molecular weight is 343 g/mol. The Balaban J connectivity index is 1.90. The summed E-state index contributed by atoms with van der Waals surface area (Å²) in [5.74, 6) is 0. The summed E-state index contributed by atoms with van der Waals surface area (Å²) in [6.45, 7) is 0.682. The van der Waals surface area contributed by atoms with Gasteiger partial charge < -0.3 is 10.3 Å². The van der Waals surface area contributed by atoms with Gasteiger partial charge in [0.15, 0.2) is 0 Å². The zero-order chi connectivity index (χ0) is 17.2. The van der Waals surface area contributed by atoms with Crippen LogP contribution < -0.4 is 10.0 Å². The Kier molecular flexibility index (Phi) is 4.59. The number of nitrogens with one attached hydrogen (secondary N) is 3. The van der Waals surface area contributed by atoms with E-state index in [1.54, 1.807) is 0 Å². The maximum Gasteiger partial charge on any atom is 0.229 e. The second-order valence-electron chi connectivity index (χ2n) is 5.96. The van der Waals surface area contributed by atoms with E-state index < -0.39 is 10.0 Å². The van der Waals surface area contributed by atoms with Gasteiger partial charge in [-0.05, 0) is 65.9 Å². The van der Waals surface area contributed by atoms with Crippen LogP contribution in [0, 0.1) is 0 Å². The van der Waals surface area contributed by atoms with Crippen molar-refractivity contribution in [3.05, 3.63) is 65.4 Å². The number of rotatable bonds is 6. The van der Waals surface area contributed by atoms with Crippen LogP contribution in [0.25, 0.3) is 10.9 Å². The Bertz CT molecular complexity index is 961. The third-order valence-corrected chi connectivity index (χ3v) is 4.50. The highest BCUT2D eigenvalue weighted by Gasteiger charge is 2.08. The molecule has 0 amide bonds. The highest BCUT2D eigenvalue weighted by atomic mass is 32.2. The van der Waals surface area contributed by atoms with Gasteiger partial charge in [0.25, 0.3) is 0 Å². The maximum atomic E-state index is 11.4. The molecule has 0 saturated carbocycles. The smallest absolute Gasteiger partial charge is 0.229 e. The minimum absolute atomic E-state index is 0.590. The molecule has 0 aliphatic rings. The van der Waals surface area contributed by atoms with Crippen molar-refractivity contribution in [2.75, 3.05) is 18.0 Å². The summed E-state index contributed by atoms with van der Waals surface area (Å²) in [5.41, 5.74) is 5.20. The number of aromatic nitrogens is 1. The molecule has 0 aliphatic carbocycles. The summed E-state index contributed by atoms with van der Waals surface area (Å²) in [5, 5.41) is 4.34. The van der Waals surface area contributed by atoms with Crippen LogP contribution in [0.2, 0.25) is 0 Å².